The molecule has 0 aromatic heterocycles. The first-order chi connectivity index (χ1) is 13.1. The Kier molecular flexibility index (Phi) is 5.25. The second-order valence-corrected chi connectivity index (χ2v) is 24.6. The van der Waals surface area contributed by atoms with Gasteiger partial charge in [0.05, 0.1) is 0 Å². The molecule has 0 aliphatic heterocycles. The van der Waals surface area contributed by atoms with Gasteiger partial charge in [-0.05, 0) is 0 Å². The van der Waals surface area contributed by atoms with E-state index in [1.165, 1.54) is 22.3 Å². The van der Waals surface area contributed by atoms with E-state index in [-0.39, 0.29) is 0 Å². The molecule has 2 aromatic carbocycles. The topological polar surface area (TPSA) is 0 Å². The van der Waals surface area contributed by atoms with Gasteiger partial charge in [0.2, 0.25) is 0 Å². The van der Waals surface area contributed by atoms with Gasteiger partial charge in [0.1, 0.15) is 0 Å². The van der Waals surface area contributed by atoms with Crippen LogP contribution >= 0.6 is 9.85 Å². The third-order valence-corrected chi connectivity index (χ3v) is 16.0. The van der Waals surface area contributed by atoms with Crippen molar-refractivity contribution >= 4 is 38.1 Å². The van der Waals surface area contributed by atoms with Gasteiger partial charge in [-0.3, -0.25) is 0 Å². The molecule has 4 rings (SSSR count). The Morgan fingerprint density at radius 1 is 0.643 bits per heavy atom. The molecule has 0 saturated heterocycles. The van der Waals surface area contributed by atoms with E-state index in [1.54, 1.807) is 10.4 Å². The third kappa shape index (κ3) is 3.48. The second kappa shape index (κ2) is 7.18. The van der Waals surface area contributed by atoms with Gasteiger partial charge >= 0.3 is 182 Å². The van der Waals surface area contributed by atoms with Gasteiger partial charge in [0.15, 0.2) is 0 Å². The minimum atomic E-state index is -1.78. The maximum absolute atomic E-state index is 7.66. The first kappa shape index (κ1) is 20.5. The zero-order valence-corrected chi connectivity index (χ0v) is 21.9. The number of halogens is 1. The van der Waals surface area contributed by atoms with Crippen LogP contribution in [-0.4, -0.2) is 16.1 Å². The summed E-state index contributed by atoms with van der Waals surface area (Å²) in [7, 11) is 4.75. The van der Waals surface area contributed by atoms with Gasteiger partial charge in [0.25, 0.3) is 0 Å². The number of rotatable bonds is 4. The van der Waals surface area contributed by atoms with Crippen LogP contribution < -0.4 is 0 Å². The Hall–Kier alpha value is -0.772. The van der Waals surface area contributed by atoms with Gasteiger partial charge in [-0.15, -0.1) is 0 Å². The zero-order valence-electron chi connectivity index (χ0n) is 17.8. The number of benzene rings is 2. The van der Waals surface area contributed by atoms with Crippen molar-refractivity contribution in [2.24, 2.45) is 0 Å². The Bertz CT molecular complexity index is 899. The summed E-state index contributed by atoms with van der Waals surface area (Å²) in [5, 5.41) is 3.34. The van der Waals surface area contributed by atoms with Crippen LogP contribution in [0.15, 0.2) is 58.9 Å². The molecule has 0 radical (unpaired) electrons. The Balaban J connectivity index is 1.85. The standard InChI is InChI=1S/2C12H15Si.ClH.V/c2*1-13(2,3)12-8-10-6-4-5-7-11(10)9-12;;/h2*4-9H,1-3H3;1H;/q;;;+1/p-1. The fourth-order valence-corrected chi connectivity index (χ4v) is 18.0. The van der Waals surface area contributed by atoms with Crippen LogP contribution in [0.1, 0.15) is 31.5 Å². The summed E-state index contributed by atoms with van der Waals surface area (Å²) in [6.45, 7) is 14.9. The third-order valence-electron chi connectivity index (χ3n) is 6.02. The van der Waals surface area contributed by atoms with Crippen molar-refractivity contribution in [3.63, 3.8) is 0 Å². The monoisotopic (exact) mass is 460 g/mol. The number of allylic oxidation sites excluding steroid dienone is 2. The van der Waals surface area contributed by atoms with E-state index < -0.39 is 30.4 Å². The van der Waals surface area contributed by atoms with Crippen LogP contribution in [0.25, 0.3) is 12.2 Å². The van der Waals surface area contributed by atoms with Crippen molar-refractivity contribution in [2.45, 2.75) is 48.5 Å². The predicted octanol–water partition coefficient (Wildman–Crippen LogP) is 7.79. The molecule has 2 atom stereocenters. The SMILES string of the molecule is C[Si](C)(C)C1=Cc2ccccc2[CH]1[V]([Cl])[CH]1C([Si](C)(C)C)=Cc2ccccc21. The molecule has 2 aliphatic rings. The Labute approximate surface area is 181 Å². The van der Waals surface area contributed by atoms with E-state index in [9.17, 15) is 0 Å². The van der Waals surface area contributed by atoms with Crippen molar-refractivity contribution in [1.29, 1.82) is 0 Å². The van der Waals surface area contributed by atoms with Crippen LogP contribution in [-0.2, 0) is 14.2 Å². The van der Waals surface area contributed by atoms with Crippen LogP contribution in [0.3, 0.4) is 0 Å². The summed E-state index contributed by atoms with van der Waals surface area (Å²) in [5.41, 5.74) is 5.81. The quantitative estimate of drug-likeness (QED) is 0.408. The number of fused-ring (bicyclic) bond motifs is 2. The minimum absolute atomic E-state index is 0.466. The first-order valence-corrected chi connectivity index (χ1v) is 20.7. The van der Waals surface area contributed by atoms with Crippen molar-refractivity contribution in [3.8, 4) is 0 Å². The Morgan fingerprint density at radius 2 is 1.00 bits per heavy atom. The van der Waals surface area contributed by atoms with Crippen LogP contribution in [0, 0.1) is 0 Å². The molecule has 0 saturated carbocycles. The van der Waals surface area contributed by atoms with Crippen molar-refractivity contribution in [3.05, 3.63) is 81.2 Å². The van der Waals surface area contributed by atoms with E-state index in [1.807, 2.05) is 0 Å². The molecule has 0 heterocycles. The van der Waals surface area contributed by atoms with Gasteiger partial charge < -0.3 is 0 Å². The van der Waals surface area contributed by atoms with E-state index in [2.05, 4.69) is 100.0 Å². The van der Waals surface area contributed by atoms with Crippen LogP contribution in [0.2, 0.25) is 39.3 Å². The molecule has 28 heavy (non-hydrogen) atoms. The van der Waals surface area contributed by atoms with Crippen molar-refractivity contribution in [1.82, 2.24) is 0 Å². The van der Waals surface area contributed by atoms with E-state index >= 15 is 0 Å². The molecule has 0 N–H and O–H groups in total. The average molecular weight is 461 g/mol. The van der Waals surface area contributed by atoms with Gasteiger partial charge in [0, 0.05) is 0 Å². The van der Waals surface area contributed by atoms with Crippen molar-refractivity contribution < 1.29 is 14.2 Å². The van der Waals surface area contributed by atoms with Crippen LogP contribution in [0.4, 0.5) is 0 Å². The second-order valence-electron chi connectivity index (χ2n) is 10.1. The van der Waals surface area contributed by atoms with E-state index in [4.69, 9.17) is 9.85 Å². The summed E-state index contributed by atoms with van der Waals surface area (Å²) in [5.74, 6) is 0. The predicted molar refractivity (Wildman–Crippen MR) is 127 cm³/mol. The molecule has 2 aliphatic carbocycles. The Morgan fingerprint density at radius 3 is 1.36 bits per heavy atom. The summed E-state index contributed by atoms with van der Waals surface area (Å²) in [6, 6.07) is 18.0. The summed E-state index contributed by atoms with van der Waals surface area (Å²) in [4.78, 5) is 0. The first-order valence-electron chi connectivity index (χ1n) is 10.1. The normalized spacial score (nSPS) is 21.4. The van der Waals surface area contributed by atoms with E-state index in [0.29, 0.717) is 9.26 Å². The number of hydrogen-bond donors (Lipinski definition) is 0. The summed E-state index contributed by atoms with van der Waals surface area (Å²) < 4.78 is 0.931. The maximum atomic E-state index is 7.66. The molecule has 2 aromatic rings. The van der Waals surface area contributed by atoms with Gasteiger partial charge in [-0.2, -0.15) is 0 Å². The fourth-order valence-electron chi connectivity index (χ4n) is 4.54. The summed E-state index contributed by atoms with van der Waals surface area (Å²) in [6.07, 6.45) is 4.99. The molecule has 146 valence electrons. The van der Waals surface area contributed by atoms with Crippen molar-refractivity contribution in [2.75, 3.05) is 0 Å². The van der Waals surface area contributed by atoms with Gasteiger partial charge in [-0.25, -0.2) is 0 Å². The van der Waals surface area contributed by atoms with Gasteiger partial charge in [-0.1, -0.05) is 0 Å². The van der Waals surface area contributed by atoms with E-state index in [0.717, 1.165) is 0 Å². The molecular weight excluding hydrogens is 431 g/mol. The fraction of sp³-hybridized carbons (Fsp3) is 0.333. The number of hydrogen-bond acceptors (Lipinski definition) is 0. The molecule has 0 fully saturated rings. The molecule has 0 amide bonds. The molecule has 0 spiro atoms. The zero-order chi connectivity index (χ0) is 20.3. The average Bonchev–Trinajstić information content (AvgIpc) is 3.19. The van der Waals surface area contributed by atoms with Crippen LogP contribution in [0.5, 0.6) is 0 Å². The molecule has 2 unspecified atom stereocenters. The molecule has 0 bridgehead atoms. The molecular formula is C24H30ClSi2V. The summed E-state index contributed by atoms with van der Waals surface area (Å²) >= 11 is -1.78. The molecule has 0 nitrogen and oxygen atoms in total. The molecule has 4 heteroatoms.